The zero-order chi connectivity index (χ0) is 14.3. The van der Waals surface area contributed by atoms with Gasteiger partial charge in [0.25, 0.3) is 0 Å². The van der Waals surface area contributed by atoms with Crippen LogP contribution in [0.4, 0.5) is 0 Å². The van der Waals surface area contributed by atoms with Crippen molar-refractivity contribution in [3.05, 3.63) is 40.4 Å². The monoisotopic (exact) mass is 290 g/mol. The largest absolute Gasteiger partial charge is 0.496 e. The number of benzene rings is 2. The van der Waals surface area contributed by atoms with E-state index in [2.05, 4.69) is 6.07 Å². The Bertz CT molecular complexity index is 680. The van der Waals surface area contributed by atoms with E-state index in [0.29, 0.717) is 16.5 Å². The molecule has 0 radical (unpaired) electrons. The van der Waals surface area contributed by atoms with Gasteiger partial charge in [0.15, 0.2) is 11.5 Å². The molecule has 0 bridgehead atoms. The van der Waals surface area contributed by atoms with E-state index in [-0.39, 0.29) is 0 Å². The molecular weight excluding hydrogens is 276 g/mol. The van der Waals surface area contributed by atoms with Gasteiger partial charge in [-0.1, -0.05) is 23.7 Å². The molecule has 1 aliphatic rings. The maximum Gasteiger partial charge on any atom is 0.169 e. The van der Waals surface area contributed by atoms with E-state index >= 15 is 0 Å². The lowest BCUT2D eigenvalue weighted by Gasteiger charge is -2.15. The Balaban J connectivity index is 2.37. The molecule has 0 aromatic heterocycles. The molecule has 3 nitrogen and oxygen atoms in total. The standard InChI is InChI=1S/C16H15ClO3/c1-18-12-6-4-5-9-7-10-11(17)8-13(19-2)16(20-3)15(10)14(9)12/h4-6,8H,7H2,1-3H3. The Morgan fingerprint density at radius 3 is 2.35 bits per heavy atom. The zero-order valence-corrected chi connectivity index (χ0v) is 12.4. The SMILES string of the molecule is COc1cc(Cl)c2c(c1OC)-c1c(cccc1OC)C2. The van der Waals surface area contributed by atoms with Crippen LogP contribution >= 0.6 is 11.6 Å². The van der Waals surface area contributed by atoms with E-state index in [1.165, 1.54) is 5.56 Å². The quantitative estimate of drug-likeness (QED) is 0.731. The fourth-order valence-corrected chi connectivity index (χ4v) is 3.07. The second kappa shape index (κ2) is 4.91. The van der Waals surface area contributed by atoms with E-state index in [1.807, 2.05) is 12.1 Å². The molecule has 3 rings (SSSR count). The van der Waals surface area contributed by atoms with Crippen LogP contribution in [0.1, 0.15) is 11.1 Å². The number of hydrogen-bond acceptors (Lipinski definition) is 3. The molecule has 0 saturated carbocycles. The van der Waals surface area contributed by atoms with Gasteiger partial charge in [-0.05, 0) is 17.2 Å². The number of methoxy groups -OCH3 is 3. The fourth-order valence-electron chi connectivity index (χ4n) is 2.81. The number of halogens is 1. The molecule has 104 valence electrons. The molecule has 0 amide bonds. The summed E-state index contributed by atoms with van der Waals surface area (Å²) in [6.07, 6.45) is 0.779. The lowest BCUT2D eigenvalue weighted by molar-refractivity contribution is 0.355. The van der Waals surface area contributed by atoms with Gasteiger partial charge in [0.2, 0.25) is 0 Å². The molecule has 0 fully saturated rings. The third kappa shape index (κ3) is 1.74. The van der Waals surface area contributed by atoms with Crippen molar-refractivity contribution in [3.63, 3.8) is 0 Å². The van der Waals surface area contributed by atoms with Crippen LogP contribution in [-0.2, 0) is 6.42 Å². The second-order valence-electron chi connectivity index (χ2n) is 4.62. The summed E-state index contributed by atoms with van der Waals surface area (Å²) in [6.45, 7) is 0. The maximum absolute atomic E-state index is 6.39. The van der Waals surface area contributed by atoms with E-state index in [1.54, 1.807) is 27.4 Å². The van der Waals surface area contributed by atoms with Crippen molar-refractivity contribution in [3.8, 4) is 28.4 Å². The van der Waals surface area contributed by atoms with Crippen molar-refractivity contribution in [2.24, 2.45) is 0 Å². The Kier molecular flexibility index (Phi) is 3.22. The summed E-state index contributed by atoms with van der Waals surface area (Å²) in [7, 11) is 4.92. The van der Waals surface area contributed by atoms with E-state index in [0.717, 1.165) is 28.9 Å². The molecule has 4 heteroatoms. The molecule has 2 aromatic rings. The van der Waals surface area contributed by atoms with Crippen LogP contribution in [0.25, 0.3) is 11.1 Å². The minimum absolute atomic E-state index is 0.634. The molecule has 0 atom stereocenters. The fraction of sp³-hybridized carbons (Fsp3) is 0.250. The molecule has 0 aliphatic heterocycles. The topological polar surface area (TPSA) is 27.7 Å². The molecular formula is C16H15ClO3. The third-order valence-electron chi connectivity index (χ3n) is 3.67. The van der Waals surface area contributed by atoms with Gasteiger partial charge < -0.3 is 14.2 Å². The van der Waals surface area contributed by atoms with Gasteiger partial charge in [0.05, 0.1) is 21.3 Å². The minimum atomic E-state index is 0.634. The lowest BCUT2D eigenvalue weighted by atomic mass is 10.0. The second-order valence-corrected chi connectivity index (χ2v) is 5.03. The van der Waals surface area contributed by atoms with Crippen molar-refractivity contribution in [2.45, 2.75) is 6.42 Å². The Morgan fingerprint density at radius 2 is 1.70 bits per heavy atom. The van der Waals surface area contributed by atoms with Gasteiger partial charge in [-0.3, -0.25) is 0 Å². The first-order valence-electron chi connectivity index (χ1n) is 6.30. The van der Waals surface area contributed by atoms with E-state index in [4.69, 9.17) is 25.8 Å². The van der Waals surface area contributed by atoms with Crippen LogP contribution in [0.2, 0.25) is 5.02 Å². The van der Waals surface area contributed by atoms with Crippen LogP contribution in [-0.4, -0.2) is 21.3 Å². The number of fused-ring (bicyclic) bond motifs is 3. The first kappa shape index (κ1) is 13.1. The molecule has 2 aromatic carbocycles. The number of ether oxygens (including phenoxy) is 3. The van der Waals surface area contributed by atoms with Crippen molar-refractivity contribution < 1.29 is 14.2 Å². The first-order valence-corrected chi connectivity index (χ1v) is 6.68. The van der Waals surface area contributed by atoms with Gasteiger partial charge in [0, 0.05) is 28.6 Å². The molecule has 0 N–H and O–H groups in total. The molecule has 0 saturated heterocycles. The van der Waals surface area contributed by atoms with Gasteiger partial charge in [-0.25, -0.2) is 0 Å². The summed E-state index contributed by atoms with van der Waals surface area (Å²) in [5, 5.41) is 0.691. The summed E-state index contributed by atoms with van der Waals surface area (Å²) in [5.41, 5.74) is 4.27. The highest BCUT2D eigenvalue weighted by molar-refractivity contribution is 6.32. The Labute approximate surface area is 123 Å². The average molecular weight is 291 g/mol. The average Bonchev–Trinajstić information content (AvgIpc) is 2.87. The normalized spacial score (nSPS) is 11.8. The van der Waals surface area contributed by atoms with Crippen LogP contribution in [0, 0.1) is 0 Å². The van der Waals surface area contributed by atoms with Gasteiger partial charge in [0.1, 0.15) is 5.75 Å². The number of rotatable bonds is 3. The molecule has 1 aliphatic carbocycles. The third-order valence-corrected chi connectivity index (χ3v) is 4.01. The summed E-state index contributed by atoms with van der Waals surface area (Å²) >= 11 is 6.39. The minimum Gasteiger partial charge on any atom is -0.496 e. The summed E-state index contributed by atoms with van der Waals surface area (Å²) in [4.78, 5) is 0. The van der Waals surface area contributed by atoms with Crippen LogP contribution in [0.15, 0.2) is 24.3 Å². The van der Waals surface area contributed by atoms with Gasteiger partial charge in [-0.15, -0.1) is 0 Å². The van der Waals surface area contributed by atoms with E-state index < -0.39 is 0 Å². The number of hydrogen-bond donors (Lipinski definition) is 0. The van der Waals surface area contributed by atoms with E-state index in [9.17, 15) is 0 Å². The summed E-state index contributed by atoms with van der Waals surface area (Å²) in [5.74, 6) is 2.16. The van der Waals surface area contributed by atoms with Crippen molar-refractivity contribution in [2.75, 3.05) is 21.3 Å². The highest BCUT2D eigenvalue weighted by Gasteiger charge is 2.30. The van der Waals surface area contributed by atoms with Crippen molar-refractivity contribution in [1.29, 1.82) is 0 Å². The van der Waals surface area contributed by atoms with Crippen LogP contribution < -0.4 is 14.2 Å². The predicted molar refractivity (Wildman–Crippen MR) is 79.4 cm³/mol. The van der Waals surface area contributed by atoms with Crippen molar-refractivity contribution >= 4 is 11.6 Å². The predicted octanol–water partition coefficient (Wildman–Crippen LogP) is 3.94. The maximum atomic E-state index is 6.39. The molecule has 0 heterocycles. The molecule has 0 spiro atoms. The highest BCUT2D eigenvalue weighted by atomic mass is 35.5. The molecule has 0 unspecified atom stereocenters. The van der Waals surface area contributed by atoms with Crippen molar-refractivity contribution in [1.82, 2.24) is 0 Å². The van der Waals surface area contributed by atoms with Crippen LogP contribution in [0.3, 0.4) is 0 Å². The first-order chi connectivity index (χ1) is 9.71. The van der Waals surface area contributed by atoms with Gasteiger partial charge in [-0.2, -0.15) is 0 Å². The lowest BCUT2D eigenvalue weighted by Crippen LogP contribution is -1.96. The Morgan fingerprint density at radius 1 is 0.950 bits per heavy atom. The summed E-state index contributed by atoms with van der Waals surface area (Å²) in [6, 6.07) is 7.82. The smallest absolute Gasteiger partial charge is 0.169 e. The molecule has 20 heavy (non-hydrogen) atoms. The van der Waals surface area contributed by atoms with Crippen LogP contribution in [0.5, 0.6) is 17.2 Å². The zero-order valence-electron chi connectivity index (χ0n) is 11.6. The van der Waals surface area contributed by atoms with Gasteiger partial charge >= 0.3 is 0 Å². The summed E-state index contributed by atoms with van der Waals surface area (Å²) < 4.78 is 16.4. The Hall–Kier alpha value is -1.87. The highest BCUT2D eigenvalue weighted by Crippen LogP contribution is 2.52.